The highest BCUT2D eigenvalue weighted by atomic mass is 16.5. The van der Waals surface area contributed by atoms with Gasteiger partial charge in [-0.25, -0.2) is 4.79 Å². The van der Waals surface area contributed by atoms with Gasteiger partial charge in [-0.1, -0.05) is 27.7 Å². The molecule has 1 fully saturated rings. The lowest BCUT2D eigenvalue weighted by Crippen LogP contribution is -2.51. The number of carbonyl (C=O) groups excluding carboxylic acids is 1. The van der Waals surface area contributed by atoms with Crippen LogP contribution in [0.4, 0.5) is 4.79 Å². The van der Waals surface area contributed by atoms with Crippen LogP contribution in [0.1, 0.15) is 47.5 Å². The number of methoxy groups -OCH3 is 1. The van der Waals surface area contributed by atoms with Crippen LogP contribution in [0.25, 0.3) is 0 Å². The van der Waals surface area contributed by atoms with Gasteiger partial charge in [-0.2, -0.15) is 0 Å². The third-order valence-electron chi connectivity index (χ3n) is 3.28. The molecule has 112 valence electrons. The van der Waals surface area contributed by atoms with E-state index in [1.165, 1.54) is 7.11 Å². The minimum Gasteiger partial charge on any atom is -0.453 e. The van der Waals surface area contributed by atoms with Crippen LogP contribution >= 0.6 is 0 Å². The van der Waals surface area contributed by atoms with Gasteiger partial charge < -0.3 is 15.0 Å². The van der Waals surface area contributed by atoms with Gasteiger partial charge in [0.15, 0.2) is 0 Å². The Balaban J connectivity index is 0.00000154. The molecule has 1 saturated heterocycles. The topological polar surface area (TPSA) is 65.4 Å². The van der Waals surface area contributed by atoms with Crippen molar-refractivity contribution >= 4 is 11.9 Å². The molecule has 0 radical (unpaired) electrons. The highest BCUT2D eigenvalue weighted by molar-refractivity contribution is 5.88. The van der Waals surface area contributed by atoms with Crippen molar-refractivity contribution in [1.82, 2.24) is 10.2 Å². The lowest BCUT2D eigenvalue weighted by Gasteiger charge is -2.31. The fourth-order valence-electron chi connectivity index (χ4n) is 2.21. The summed E-state index contributed by atoms with van der Waals surface area (Å²) in [7, 11) is 1.34. The fourth-order valence-corrected chi connectivity index (χ4v) is 2.21. The first-order valence-corrected chi connectivity index (χ1v) is 7.17. The SMILES string of the molecule is CC.COC(=O)NC(C(=N)N1CCC[C@H]1C)C(C)C. The van der Waals surface area contributed by atoms with Gasteiger partial charge in [-0.3, -0.25) is 5.41 Å². The zero-order chi connectivity index (χ0) is 15.0. The third-order valence-corrected chi connectivity index (χ3v) is 3.28. The maximum Gasteiger partial charge on any atom is 0.407 e. The number of carbonyl (C=O) groups is 1. The molecule has 0 spiro atoms. The summed E-state index contributed by atoms with van der Waals surface area (Å²) in [4.78, 5) is 13.3. The first-order valence-electron chi connectivity index (χ1n) is 7.17. The normalized spacial score (nSPS) is 19.5. The third kappa shape index (κ3) is 5.09. The van der Waals surface area contributed by atoms with Crippen molar-refractivity contribution in [2.45, 2.75) is 59.5 Å². The van der Waals surface area contributed by atoms with Crippen molar-refractivity contribution in [1.29, 1.82) is 5.41 Å². The van der Waals surface area contributed by atoms with Crippen LogP contribution in [-0.2, 0) is 4.74 Å². The molecule has 1 aliphatic rings. The summed E-state index contributed by atoms with van der Waals surface area (Å²) in [5, 5.41) is 11.0. The average molecular weight is 271 g/mol. The zero-order valence-corrected chi connectivity index (χ0v) is 13.1. The molecule has 0 saturated carbocycles. The van der Waals surface area contributed by atoms with Gasteiger partial charge in [0.25, 0.3) is 0 Å². The predicted molar refractivity (Wildman–Crippen MR) is 78.6 cm³/mol. The predicted octanol–water partition coefficient (Wildman–Crippen LogP) is 2.85. The Morgan fingerprint density at radius 3 is 2.37 bits per heavy atom. The highest BCUT2D eigenvalue weighted by Gasteiger charge is 2.30. The molecule has 1 heterocycles. The number of rotatable bonds is 3. The molecule has 0 aromatic carbocycles. The number of ether oxygens (including phenoxy) is 1. The average Bonchev–Trinajstić information content (AvgIpc) is 2.83. The second kappa shape index (κ2) is 8.77. The zero-order valence-electron chi connectivity index (χ0n) is 13.1. The van der Waals surface area contributed by atoms with Crippen molar-refractivity contribution in [3.8, 4) is 0 Å². The van der Waals surface area contributed by atoms with Crippen molar-refractivity contribution in [3.63, 3.8) is 0 Å². The molecule has 19 heavy (non-hydrogen) atoms. The number of alkyl carbamates (subject to hydrolysis) is 1. The molecular weight excluding hydrogens is 242 g/mol. The first kappa shape index (κ1) is 17.7. The van der Waals surface area contributed by atoms with Crippen LogP contribution < -0.4 is 5.32 Å². The monoisotopic (exact) mass is 271 g/mol. The number of amidine groups is 1. The molecule has 2 atom stereocenters. The standard InChI is InChI=1S/C12H23N3O2.C2H6/c1-8(2)10(14-12(16)17-4)11(13)15-7-5-6-9(15)3;1-2/h8-10,13H,5-7H2,1-4H3,(H,14,16);1-2H3/t9-,10?;/m1./s1. The molecule has 1 unspecified atom stereocenters. The number of nitrogens with one attached hydrogen (secondary N) is 2. The summed E-state index contributed by atoms with van der Waals surface area (Å²) >= 11 is 0. The quantitative estimate of drug-likeness (QED) is 0.613. The van der Waals surface area contributed by atoms with Gasteiger partial charge in [0.05, 0.1) is 13.2 Å². The van der Waals surface area contributed by atoms with Gasteiger partial charge in [-0.05, 0) is 25.7 Å². The van der Waals surface area contributed by atoms with E-state index in [1.807, 2.05) is 27.7 Å². The Bertz CT molecular complexity index is 292. The van der Waals surface area contributed by atoms with Gasteiger partial charge in [0.1, 0.15) is 5.84 Å². The lowest BCUT2D eigenvalue weighted by atomic mass is 10.0. The van der Waals surface area contributed by atoms with Crippen LogP contribution in [-0.4, -0.2) is 42.6 Å². The summed E-state index contributed by atoms with van der Waals surface area (Å²) in [6.07, 6.45) is 1.76. The fraction of sp³-hybridized carbons (Fsp3) is 0.857. The lowest BCUT2D eigenvalue weighted by molar-refractivity contribution is 0.166. The van der Waals surface area contributed by atoms with E-state index >= 15 is 0 Å². The van der Waals surface area contributed by atoms with Crippen molar-refractivity contribution in [2.75, 3.05) is 13.7 Å². The Morgan fingerprint density at radius 2 is 2.00 bits per heavy atom. The smallest absolute Gasteiger partial charge is 0.407 e. The Morgan fingerprint density at radius 1 is 1.42 bits per heavy atom. The molecule has 1 rings (SSSR count). The minimum atomic E-state index is -0.472. The second-order valence-corrected chi connectivity index (χ2v) is 4.93. The molecule has 5 nitrogen and oxygen atoms in total. The van der Waals surface area contributed by atoms with E-state index in [0.29, 0.717) is 11.9 Å². The van der Waals surface area contributed by atoms with Crippen molar-refractivity contribution in [3.05, 3.63) is 0 Å². The van der Waals surface area contributed by atoms with E-state index in [0.717, 1.165) is 19.4 Å². The summed E-state index contributed by atoms with van der Waals surface area (Å²) in [6, 6.07) is 0.117. The molecule has 1 aliphatic heterocycles. The van der Waals surface area contributed by atoms with Crippen LogP contribution in [0.2, 0.25) is 0 Å². The number of hydrogen-bond donors (Lipinski definition) is 2. The van der Waals surface area contributed by atoms with Crippen LogP contribution in [0.5, 0.6) is 0 Å². The van der Waals surface area contributed by atoms with E-state index in [9.17, 15) is 4.79 Å². The number of likely N-dealkylation sites (tertiary alicyclic amines) is 1. The summed E-state index contributed by atoms with van der Waals surface area (Å²) in [6.45, 7) is 11.0. The molecule has 0 aromatic heterocycles. The largest absolute Gasteiger partial charge is 0.453 e. The van der Waals surface area contributed by atoms with E-state index in [2.05, 4.69) is 21.9 Å². The van der Waals surface area contributed by atoms with E-state index in [-0.39, 0.29) is 12.0 Å². The second-order valence-electron chi connectivity index (χ2n) is 4.93. The Hall–Kier alpha value is -1.26. The number of hydrogen-bond acceptors (Lipinski definition) is 3. The Kier molecular flexibility index (Phi) is 8.19. The van der Waals surface area contributed by atoms with Gasteiger partial charge in [0, 0.05) is 12.6 Å². The van der Waals surface area contributed by atoms with Crippen LogP contribution in [0.3, 0.4) is 0 Å². The van der Waals surface area contributed by atoms with Crippen molar-refractivity contribution in [2.24, 2.45) is 5.92 Å². The summed E-state index contributed by atoms with van der Waals surface area (Å²) in [5.74, 6) is 0.671. The highest BCUT2D eigenvalue weighted by Crippen LogP contribution is 2.19. The molecule has 1 amide bonds. The van der Waals surface area contributed by atoms with Crippen molar-refractivity contribution < 1.29 is 9.53 Å². The number of amides is 1. The van der Waals surface area contributed by atoms with E-state index in [1.54, 1.807) is 0 Å². The maximum atomic E-state index is 11.3. The molecule has 0 aromatic rings. The van der Waals surface area contributed by atoms with E-state index < -0.39 is 6.09 Å². The van der Waals surface area contributed by atoms with Gasteiger partial charge >= 0.3 is 6.09 Å². The van der Waals surface area contributed by atoms with Crippen LogP contribution in [0.15, 0.2) is 0 Å². The molecule has 5 heteroatoms. The first-order chi connectivity index (χ1) is 8.97. The molecular formula is C14H29N3O2. The maximum absolute atomic E-state index is 11.3. The Labute approximate surface area is 117 Å². The molecule has 0 bridgehead atoms. The van der Waals surface area contributed by atoms with E-state index in [4.69, 9.17) is 5.41 Å². The van der Waals surface area contributed by atoms with Gasteiger partial charge in [0.2, 0.25) is 0 Å². The van der Waals surface area contributed by atoms with Crippen LogP contribution in [0, 0.1) is 11.3 Å². The molecule has 2 N–H and O–H groups in total. The summed E-state index contributed by atoms with van der Waals surface area (Å²) in [5.41, 5.74) is 0. The minimum absolute atomic E-state index is 0.175. The van der Waals surface area contributed by atoms with Gasteiger partial charge in [-0.15, -0.1) is 0 Å². The summed E-state index contributed by atoms with van der Waals surface area (Å²) < 4.78 is 4.61. The molecule has 0 aliphatic carbocycles. The number of nitrogens with zero attached hydrogens (tertiary/aromatic N) is 1.